The second-order valence-corrected chi connectivity index (χ2v) is 7.78. The first kappa shape index (κ1) is 20.7. The molecule has 6 heteroatoms. The second-order valence-electron chi connectivity index (χ2n) is 7.78. The maximum Gasteiger partial charge on any atom is 0.339 e. The fraction of sp³-hybridized carbons (Fsp3) is 0.550. The van der Waals surface area contributed by atoms with Crippen molar-refractivity contribution in [2.24, 2.45) is 0 Å². The number of aliphatic hydroxyl groups excluding tert-OH is 1. The zero-order chi connectivity index (χ0) is 18.0. The van der Waals surface area contributed by atoms with Crippen molar-refractivity contribution >= 4 is 23.4 Å². The molecule has 1 unspecified atom stereocenters. The molecular formula is C20H28ClNO4. The monoisotopic (exact) mass is 381 g/mol. The molecule has 2 N–H and O–H groups in total. The van der Waals surface area contributed by atoms with Crippen LogP contribution in [0.2, 0.25) is 0 Å². The number of hydrogen-bond donors (Lipinski definition) is 2. The summed E-state index contributed by atoms with van der Waals surface area (Å²) in [4.78, 5) is 12.2. The van der Waals surface area contributed by atoms with E-state index in [1.165, 1.54) is 0 Å². The van der Waals surface area contributed by atoms with Crippen molar-refractivity contribution in [2.75, 3.05) is 13.2 Å². The van der Waals surface area contributed by atoms with E-state index in [1.54, 1.807) is 6.07 Å². The number of aryl methyl sites for hydroxylation is 1. The van der Waals surface area contributed by atoms with Crippen LogP contribution in [0.5, 0.6) is 5.75 Å². The van der Waals surface area contributed by atoms with Crippen LogP contribution in [-0.2, 0) is 12.8 Å². The van der Waals surface area contributed by atoms with Crippen LogP contribution in [0.4, 0.5) is 0 Å². The van der Waals surface area contributed by atoms with E-state index in [0.717, 1.165) is 42.2 Å². The highest BCUT2D eigenvalue weighted by atomic mass is 35.5. The van der Waals surface area contributed by atoms with Gasteiger partial charge in [-0.15, -0.1) is 12.4 Å². The minimum Gasteiger partial charge on any atom is -0.490 e. The van der Waals surface area contributed by atoms with Crippen molar-refractivity contribution < 1.29 is 14.3 Å². The molecule has 5 nitrogen and oxygen atoms in total. The van der Waals surface area contributed by atoms with E-state index >= 15 is 0 Å². The van der Waals surface area contributed by atoms with Gasteiger partial charge in [-0.25, -0.2) is 4.79 Å². The Balaban J connectivity index is 0.00000243. The fourth-order valence-electron chi connectivity index (χ4n) is 3.25. The third-order valence-corrected chi connectivity index (χ3v) is 4.51. The molecule has 1 heterocycles. The van der Waals surface area contributed by atoms with E-state index in [9.17, 15) is 9.90 Å². The Morgan fingerprint density at radius 1 is 1.23 bits per heavy atom. The van der Waals surface area contributed by atoms with Gasteiger partial charge in [0.2, 0.25) is 0 Å². The van der Waals surface area contributed by atoms with E-state index in [0.29, 0.717) is 17.9 Å². The van der Waals surface area contributed by atoms with Gasteiger partial charge in [-0.05, 0) is 64.2 Å². The van der Waals surface area contributed by atoms with Crippen LogP contribution in [0.25, 0.3) is 11.0 Å². The molecule has 0 fully saturated rings. The van der Waals surface area contributed by atoms with Crippen molar-refractivity contribution in [3.63, 3.8) is 0 Å². The lowest BCUT2D eigenvalue weighted by Crippen LogP contribution is -2.42. The number of aliphatic hydroxyl groups is 1. The number of benzene rings is 1. The molecule has 1 aromatic heterocycles. The van der Waals surface area contributed by atoms with Gasteiger partial charge < -0.3 is 19.6 Å². The summed E-state index contributed by atoms with van der Waals surface area (Å²) in [6.45, 7) is 6.82. The Kier molecular flexibility index (Phi) is 6.72. The Morgan fingerprint density at radius 2 is 1.92 bits per heavy atom. The molecule has 2 aromatic rings. The maximum absolute atomic E-state index is 12.2. The normalized spacial score (nSPS) is 15.2. The first-order valence-corrected chi connectivity index (χ1v) is 8.98. The van der Waals surface area contributed by atoms with Crippen LogP contribution in [0.1, 0.15) is 44.7 Å². The topological polar surface area (TPSA) is 71.7 Å². The van der Waals surface area contributed by atoms with Crippen LogP contribution in [0.15, 0.2) is 27.4 Å². The van der Waals surface area contributed by atoms with E-state index in [-0.39, 0.29) is 30.2 Å². The molecule has 0 bridgehead atoms. The van der Waals surface area contributed by atoms with Gasteiger partial charge in [0.15, 0.2) is 0 Å². The minimum atomic E-state index is -0.610. The molecule has 1 aliphatic carbocycles. The number of fused-ring (bicyclic) bond motifs is 3. The summed E-state index contributed by atoms with van der Waals surface area (Å²) >= 11 is 0. The highest BCUT2D eigenvalue weighted by Crippen LogP contribution is 2.33. The number of ether oxygens (including phenoxy) is 1. The molecule has 1 aromatic carbocycles. The summed E-state index contributed by atoms with van der Waals surface area (Å²) in [5.74, 6) is 0.675. The summed E-state index contributed by atoms with van der Waals surface area (Å²) < 4.78 is 11.4. The fourth-order valence-corrected chi connectivity index (χ4v) is 3.25. The lowest BCUT2D eigenvalue weighted by atomic mass is 9.90. The Hall–Kier alpha value is -1.56. The molecule has 144 valence electrons. The van der Waals surface area contributed by atoms with Crippen LogP contribution >= 0.6 is 12.4 Å². The van der Waals surface area contributed by atoms with Crippen molar-refractivity contribution in [1.82, 2.24) is 5.32 Å². The van der Waals surface area contributed by atoms with E-state index in [1.807, 2.05) is 12.1 Å². The standard InChI is InChI=1S/C20H27NO4.ClH/c1-20(2,3)21-11-13(22)12-24-16-9-6-10-17-18(16)14-7-4-5-8-15(14)19(23)25-17;/h6,9-10,13,21-22H,4-5,7-8,11-12H2,1-3H3;1H. The van der Waals surface area contributed by atoms with Crippen molar-refractivity contribution in [3.8, 4) is 5.75 Å². The van der Waals surface area contributed by atoms with E-state index in [4.69, 9.17) is 9.15 Å². The van der Waals surface area contributed by atoms with Gasteiger partial charge in [0.25, 0.3) is 0 Å². The third-order valence-electron chi connectivity index (χ3n) is 4.51. The third kappa shape index (κ3) is 4.78. The predicted molar refractivity (Wildman–Crippen MR) is 106 cm³/mol. The predicted octanol–water partition coefficient (Wildman–Crippen LogP) is 3.22. The van der Waals surface area contributed by atoms with Gasteiger partial charge in [-0.3, -0.25) is 0 Å². The average molecular weight is 382 g/mol. The molecule has 0 spiro atoms. The minimum absolute atomic E-state index is 0. The summed E-state index contributed by atoms with van der Waals surface area (Å²) in [5, 5.41) is 14.3. The van der Waals surface area contributed by atoms with Gasteiger partial charge in [0.05, 0.1) is 5.39 Å². The summed E-state index contributed by atoms with van der Waals surface area (Å²) in [5.41, 5.74) is 2.11. The van der Waals surface area contributed by atoms with Gasteiger partial charge >= 0.3 is 5.63 Å². The van der Waals surface area contributed by atoms with Gasteiger partial charge in [0.1, 0.15) is 24.0 Å². The molecule has 3 rings (SSSR count). The van der Waals surface area contributed by atoms with Crippen LogP contribution < -0.4 is 15.7 Å². The first-order chi connectivity index (χ1) is 11.8. The molecule has 0 amide bonds. The number of halogens is 1. The lowest BCUT2D eigenvalue weighted by molar-refractivity contribution is 0.101. The Labute approximate surface area is 160 Å². The molecule has 1 aliphatic rings. The summed E-state index contributed by atoms with van der Waals surface area (Å²) in [6.07, 6.45) is 3.11. The van der Waals surface area contributed by atoms with Crippen LogP contribution in [-0.4, -0.2) is 29.9 Å². The van der Waals surface area contributed by atoms with Crippen molar-refractivity contribution in [2.45, 2.75) is 58.1 Å². The number of β-amino-alcohol motifs (C(OH)–C–C–N with tert-alkyl or cyclic N) is 1. The van der Waals surface area contributed by atoms with Crippen LogP contribution in [0.3, 0.4) is 0 Å². The largest absolute Gasteiger partial charge is 0.490 e. The Morgan fingerprint density at radius 3 is 2.62 bits per heavy atom. The second kappa shape index (κ2) is 8.42. The average Bonchev–Trinajstić information content (AvgIpc) is 2.57. The van der Waals surface area contributed by atoms with E-state index in [2.05, 4.69) is 26.1 Å². The zero-order valence-electron chi connectivity index (χ0n) is 15.6. The Bertz CT molecular complexity index is 810. The highest BCUT2D eigenvalue weighted by Gasteiger charge is 2.21. The summed E-state index contributed by atoms with van der Waals surface area (Å²) in [7, 11) is 0. The maximum atomic E-state index is 12.2. The van der Waals surface area contributed by atoms with Gasteiger partial charge in [0, 0.05) is 17.6 Å². The molecular weight excluding hydrogens is 354 g/mol. The molecule has 0 aliphatic heterocycles. The van der Waals surface area contributed by atoms with Crippen molar-refractivity contribution in [1.29, 1.82) is 0 Å². The van der Waals surface area contributed by atoms with Gasteiger partial charge in [-0.2, -0.15) is 0 Å². The number of nitrogens with one attached hydrogen (secondary N) is 1. The first-order valence-electron chi connectivity index (χ1n) is 8.98. The van der Waals surface area contributed by atoms with Crippen molar-refractivity contribution in [3.05, 3.63) is 39.7 Å². The number of rotatable bonds is 5. The molecule has 26 heavy (non-hydrogen) atoms. The van der Waals surface area contributed by atoms with Crippen LogP contribution in [0, 0.1) is 0 Å². The SMILES string of the molecule is CC(C)(C)NCC(O)COc1cccc2oc(=O)c3c(c12)CCCC3.Cl. The number of hydrogen-bond acceptors (Lipinski definition) is 5. The van der Waals surface area contributed by atoms with Gasteiger partial charge in [-0.1, -0.05) is 6.07 Å². The van der Waals surface area contributed by atoms with E-state index < -0.39 is 6.10 Å². The highest BCUT2D eigenvalue weighted by molar-refractivity contribution is 5.88. The molecule has 0 radical (unpaired) electrons. The molecule has 0 saturated heterocycles. The zero-order valence-corrected chi connectivity index (χ0v) is 16.4. The lowest BCUT2D eigenvalue weighted by Gasteiger charge is -2.23. The smallest absolute Gasteiger partial charge is 0.339 e. The summed E-state index contributed by atoms with van der Waals surface area (Å²) in [6, 6.07) is 5.49. The quantitative estimate of drug-likeness (QED) is 0.778. The molecule has 0 saturated carbocycles. The molecule has 1 atom stereocenters.